The van der Waals surface area contributed by atoms with Crippen LogP contribution in [0.5, 0.6) is 0 Å². The van der Waals surface area contributed by atoms with E-state index in [0.717, 1.165) is 23.8 Å². The first kappa shape index (κ1) is 20.6. The maximum atomic E-state index is 13.6. The second-order valence-electron chi connectivity index (χ2n) is 6.97. The van der Waals surface area contributed by atoms with Crippen molar-refractivity contribution in [2.75, 3.05) is 43.6 Å². The Bertz CT molecular complexity index is 752. The molecule has 7 nitrogen and oxygen atoms in total. The maximum Gasteiger partial charge on any atom is 0.418 e. The van der Waals surface area contributed by atoms with Crippen LogP contribution < -0.4 is 16.0 Å². The van der Waals surface area contributed by atoms with E-state index in [1.54, 1.807) is 7.05 Å². The summed E-state index contributed by atoms with van der Waals surface area (Å²) in [5, 5.41) is 2.52. The summed E-state index contributed by atoms with van der Waals surface area (Å²) in [5.74, 6) is -0.997. The van der Waals surface area contributed by atoms with E-state index < -0.39 is 29.6 Å². The summed E-state index contributed by atoms with van der Waals surface area (Å²) >= 11 is 0. The molecule has 28 heavy (non-hydrogen) atoms. The Morgan fingerprint density at radius 3 is 2.71 bits per heavy atom. The fourth-order valence-corrected chi connectivity index (χ4v) is 3.27. The van der Waals surface area contributed by atoms with Gasteiger partial charge in [-0.25, -0.2) is 0 Å². The van der Waals surface area contributed by atoms with Crippen LogP contribution >= 0.6 is 0 Å². The van der Waals surface area contributed by atoms with E-state index in [9.17, 15) is 22.8 Å². The molecule has 2 aliphatic rings. The summed E-state index contributed by atoms with van der Waals surface area (Å²) in [7, 11) is 1.78. The molecule has 3 rings (SSSR count). The number of ether oxygens (including phenoxy) is 1. The van der Waals surface area contributed by atoms with E-state index in [4.69, 9.17) is 10.5 Å². The van der Waals surface area contributed by atoms with Gasteiger partial charge >= 0.3 is 6.18 Å². The van der Waals surface area contributed by atoms with Crippen LogP contribution in [0, 0.1) is 0 Å². The number of anilines is 2. The number of morpholine rings is 1. The van der Waals surface area contributed by atoms with Gasteiger partial charge in [-0.2, -0.15) is 13.2 Å². The van der Waals surface area contributed by atoms with Gasteiger partial charge in [-0.15, -0.1) is 0 Å². The van der Waals surface area contributed by atoms with Crippen molar-refractivity contribution in [3.05, 3.63) is 23.8 Å². The molecule has 10 heteroatoms. The van der Waals surface area contributed by atoms with Crippen molar-refractivity contribution >= 4 is 23.2 Å². The highest BCUT2D eigenvalue weighted by Crippen LogP contribution is 2.39. The molecule has 1 aromatic carbocycles. The molecule has 2 amide bonds. The quantitative estimate of drug-likeness (QED) is 0.754. The van der Waals surface area contributed by atoms with Crippen molar-refractivity contribution in [2.45, 2.75) is 31.1 Å². The molecule has 0 aromatic heterocycles. The van der Waals surface area contributed by atoms with Crippen LogP contribution in [0.2, 0.25) is 0 Å². The molecule has 1 atom stereocenters. The maximum absolute atomic E-state index is 13.6. The molecule has 1 saturated carbocycles. The van der Waals surface area contributed by atoms with Crippen molar-refractivity contribution in [2.24, 2.45) is 5.73 Å². The third kappa shape index (κ3) is 4.45. The van der Waals surface area contributed by atoms with Gasteiger partial charge in [0.1, 0.15) is 12.6 Å². The number of halogens is 3. The number of alkyl halides is 3. The van der Waals surface area contributed by atoms with E-state index in [0.29, 0.717) is 0 Å². The summed E-state index contributed by atoms with van der Waals surface area (Å²) in [4.78, 5) is 27.4. The van der Waals surface area contributed by atoms with Gasteiger partial charge < -0.3 is 20.7 Å². The SMILES string of the molecule is CN(C1CC1)[C@H](CN)C(=O)Nc1ccc(N2CCOCC2=O)c(C(F)(F)F)c1. The number of nitrogens with two attached hydrogens (primary N) is 1. The molecule has 1 saturated heterocycles. The Kier molecular flexibility index (Phi) is 5.92. The first-order valence-corrected chi connectivity index (χ1v) is 9.04. The Hall–Kier alpha value is -2.17. The first-order valence-electron chi connectivity index (χ1n) is 9.04. The average Bonchev–Trinajstić information content (AvgIpc) is 3.47. The fraction of sp³-hybridized carbons (Fsp3) is 0.556. The number of nitrogens with zero attached hydrogens (tertiary/aromatic N) is 2. The summed E-state index contributed by atoms with van der Waals surface area (Å²) in [6.07, 6.45) is -2.74. The van der Waals surface area contributed by atoms with Crippen LogP contribution in [-0.2, 0) is 20.5 Å². The Morgan fingerprint density at radius 2 is 2.14 bits per heavy atom. The summed E-state index contributed by atoms with van der Waals surface area (Å²) < 4.78 is 45.8. The third-order valence-electron chi connectivity index (χ3n) is 4.99. The number of hydrogen-bond donors (Lipinski definition) is 2. The fourth-order valence-electron chi connectivity index (χ4n) is 3.27. The minimum absolute atomic E-state index is 0.00410. The normalized spacial score (nSPS) is 19.1. The van der Waals surface area contributed by atoms with Crippen molar-refractivity contribution in [3.8, 4) is 0 Å². The van der Waals surface area contributed by atoms with Crippen molar-refractivity contribution in [1.82, 2.24) is 4.90 Å². The zero-order chi connectivity index (χ0) is 20.5. The summed E-state index contributed by atoms with van der Waals surface area (Å²) in [6, 6.07) is 3.06. The van der Waals surface area contributed by atoms with Gasteiger partial charge in [-0.3, -0.25) is 14.5 Å². The van der Waals surface area contributed by atoms with Crippen LogP contribution in [0.1, 0.15) is 18.4 Å². The van der Waals surface area contributed by atoms with E-state index in [1.165, 1.54) is 12.1 Å². The summed E-state index contributed by atoms with van der Waals surface area (Å²) in [5.41, 5.74) is 4.46. The predicted molar refractivity (Wildman–Crippen MR) is 96.9 cm³/mol. The molecular weight excluding hydrogens is 377 g/mol. The molecule has 3 N–H and O–H groups in total. The number of amides is 2. The average molecular weight is 400 g/mol. The Labute approximate surface area is 160 Å². The van der Waals surface area contributed by atoms with Crippen LogP contribution in [-0.4, -0.2) is 62.1 Å². The van der Waals surface area contributed by atoms with Crippen molar-refractivity contribution in [1.29, 1.82) is 0 Å². The van der Waals surface area contributed by atoms with E-state index in [2.05, 4.69) is 5.32 Å². The molecular formula is C18H23F3N4O3. The molecule has 0 unspecified atom stereocenters. The molecule has 154 valence electrons. The van der Waals surface area contributed by atoms with Crippen LogP contribution in [0.4, 0.5) is 24.5 Å². The van der Waals surface area contributed by atoms with Crippen molar-refractivity contribution < 1.29 is 27.5 Å². The highest BCUT2D eigenvalue weighted by Gasteiger charge is 2.38. The molecule has 0 radical (unpaired) electrons. The largest absolute Gasteiger partial charge is 0.418 e. The topological polar surface area (TPSA) is 87.9 Å². The first-order chi connectivity index (χ1) is 13.2. The minimum Gasteiger partial charge on any atom is -0.370 e. The number of nitrogens with one attached hydrogen (secondary N) is 1. The molecule has 0 bridgehead atoms. The highest BCUT2D eigenvalue weighted by atomic mass is 19.4. The molecule has 1 aromatic rings. The lowest BCUT2D eigenvalue weighted by molar-refractivity contribution is -0.137. The predicted octanol–water partition coefficient (Wildman–Crippen LogP) is 1.43. The van der Waals surface area contributed by atoms with Gasteiger partial charge in [0.15, 0.2) is 0 Å². The highest BCUT2D eigenvalue weighted by molar-refractivity contribution is 5.98. The molecule has 1 aliphatic heterocycles. The molecule has 2 fully saturated rings. The van der Waals surface area contributed by atoms with E-state index >= 15 is 0 Å². The minimum atomic E-state index is -4.69. The number of carbonyl (C=O) groups excluding carboxylic acids is 2. The number of carbonyl (C=O) groups is 2. The number of likely N-dealkylation sites (N-methyl/N-ethyl adjacent to an activating group) is 1. The van der Waals surface area contributed by atoms with Crippen LogP contribution in [0.3, 0.4) is 0 Å². The van der Waals surface area contributed by atoms with Gasteiger partial charge in [0.05, 0.1) is 17.9 Å². The van der Waals surface area contributed by atoms with Crippen molar-refractivity contribution in [3.63, 3.8) is 0 Å². The smallest absolute Gasteiger partial charge is 0.370 e. The zero-order valence-electron chi connectivity index (χ0n) is 15.5. The summed E-state index contributed by atoms with van der Waals surface area (Å²) in [6.45, 7) is -0.00491. The van der Waals surface area contributed by atoms with Gasteiger partial charge in [0.25, 0.3) is 5.91 Å². The number of rotatable bonds is 6. The second-order valence-corrected chi connectivity index (χ2v) is 6.97. The molecule has 1 aliphatic carbocycles. The lowest BCUT2D eigenvalue weighted by Crippen LogP contribution is -2.47. The second kappa shape index (κ2) is 8.06. The molecule has 0 spiro atoms. The monoisotopic (exact) mass is 400 g/mol. The standard InChI is InChI=1S/C18H23F3N4O3/c1-24(12-3-4-12)15(9-22)17(27)23-11-2-5-14(13(8-11)18(19,20)21)25-6-7-28-10-16(25)26/h2,5,8,12,15H,3-4,6-7,9-10,22H2,1H3,(H,23,27)/t15-/m1/s1. The zero-order valence-corrected chi connectivity index (χ0v) is 15.5. The van der Waals surface area contributed by atoms with Gasteiger partial charge in [-0.1, -0.05) is 0 Å². The van der Waals surface area contributed by atoms with Gasteiger partial charge in [0, 0.05) is 24.8 Å². The number of hydrogen-bond acceptors (Lipinski definition) is 5. The van der Waals surface area contributed by atoms with Crippen LogP contribution in [0.15, 0.2) is 18.2 Å². The number of benzene rings is 1. The van der Waals surface area contributed by atoms with E-state index in [1.807, 2.05) is 4.90 Å². The Morgan fingerprint density at radius 1 is 1.43 bits per heavy atom. The van der Waals surface area contributed by atoms with Gasteiger partial charge in [0.2, 0.25) is 5.91 Å². The van der Waals surface area contributed by atoms with E-state index in [-0.39, 0.29) is 43.7 Å². The Balaban J connectivity index is 1.84. The van der Waals surface area contributed by atoms with Crippen LogP contribution in [0.25, 0.3) is 0 Å². The molecule has 1 heterocycles. The van der Waals surface area contributed by atoms with Gasteiger partial charge in [-0.05, 0) is 38.1 Å². The lowest BCUT2D eigenvalue weighted by atomic mass is 10.1. The third-order valence-corrected chi connectivity index (χ3v) is 4.99. The lowest BCUT2D eigenvalue weighted by Gasteiger charge is -2.30.